The van der Waals surface area contributed by atoms with Crippen molar-refractivity contribution in [3.63, 3.8) is 0 Å². The first kappa shape index (κ1) is 12.0. The van der Waals surface area contributed by atoms with Gasteiger partial charge in [0, 0.05) is 5.69 Å². The molecule has 0 aliphatic heterocycles. The quantitative estimate of drug-likeness (QED) is 0.777. The van der Waals surface area contributed by atoms with Gasteiger partial charge in [0.15, 0.2) is 0 Å². The molecule has 1 aromatic rings. The lowest BCUT2D eigenvalue weighted by molar-refractivity contribution is 0.335. The fourth-order valence-electron chi connectivity index (χ4n) is 1.65. The lowest BCUT2D eigenvalue weighted by atomic mass is 10.1. The Morgan fingerprint density at radius 3 is 2.27 bits per heavy atom. The molecule has 0 aliphatic carbocycles. The largest absolute Gasteiger partial charge is 0.471 e. The number of ether oxygens (including phenoxy) is 1. The van der Waals surface area contributed by atoms with Crippen LogP contribution in [0.15, 0.2) is 12.1 Å². The maximum absolute atomic E-state index is 5.21. The zero-order chi connectivity index (χ0) is 11.4. The van der Waals surface area contributed by atoms with Gasteiger partial charge in [0.2, 0.25) is 0 Å². The molecule has 0 bridgehead atoms. The van der Waals surface area contributed by atoms with Crippen LogP contribution in [0.2, 0.25) is 0 Å². The van der Waals surface area contributed by atoms with Crippen LogP contribution >= 0.6 is 12.2 Å². The number of hydrogen-bond acceptors (Lipinski definition) is 2. The van der Waals surface area contributed by atoms with Crippen molar-refractivity contribution < 1.29 is 4.74 Å². The van der Waals surface area contributed by atoms with Crippen molar-refractivity contribution in [3.05, 3.63) is 28.8 Å². The molecule has 0 unspecified atom stereocenters. The highest BCUT2D eigenvalue weighted by Gasteiger charge is 2.05. The number of aryl methyl sites for hydroxylation is 3. The van der Waals surface area contributed by atoms with E-state index in [0.29, 0.717) is 11.8 Å². The van der Waals surface area contributed by atoms with E-state index in [0.717, 1.165) is 5.69 Å². The highest BCUT2D eigenvalue weighted by molar-refractivity contribution is 7.80. The second-order valence-electron chi connectivity index (χ2n) is 3.62. The van der Waals surface area contributed by atoms with Gasteiger partial charge in [-0.3, -0.25) is 0 Å². The van der Waals surface area contributed by atoms with E-state index in [1.807, 2.05) is 6.92 Å². The molecule has 0 heterocycles. The number of hydrogen-bond donors (Lipinski definition) is 1. The first-order chi connectivity index (χ1) is 7.04. The van der Waals surface area contributed by atoms with Gasteiger partial charge in [0.25, 0.3) is 5.17 Å². The lowest BCUT2D eigenvalue weighted by Gasteiger charge is -2.14. The fraction of sp³-hybridized carbons (Fsp3) is 0.417. The molecule has 1 N–H and O–H groups in total. The van der Waals surface area contributed by atoms with E-state index in [-0.39, 0.29) is 0 Å². The minimum Gasteiger partial charge on any atom is -0.471 e. The van der Waals surface area contributed by atoms with Crippen LogP contribution in [0, 0.1) is 20.8 Å². The summed E-state index contributed by atoms with van der Waals surface area (Å²) in [6.07, 6.45) is 0. The van der Waals surface area contributed by atoms with E-state index >= 15 is 0 Å². The molecule has 2 nitrogen and oxygen atoms in total. The lowest BCUT2D eigenvalue weighted by Crippen LogP contribution is -2.14. The Kier molecular flexibility index (Phi) is 4.09. The van der Waals surface area contributed by atoms with Crippen LogP contribution in [0.25, 0.3) is 0 Å². The predicted octanol–water partition coefficient (Wildman–Crippen LogP) is 3.35. The van der Waals surface area contributed by atoms with Crippen molar-refractivity contribution in [1.82, 2.24) is 0 Å². The van der Waals surface area contributed by atoms with Crippen molar-refractivity contribution in [3.8, 4) is 0 Å². The van der Waals surface area contributed by atoms with Gasteiger partial charge in [-0.2, -0.15) is 0 Å². The molecular formula is C12H17NOS. The molecule has 1 aromatic carbocycles. The third kappa shape index (κ3) is 3.20. The van der Waals surface area contributed by atoms with Crippen LogP contribution < -0.4 is 5.32 Å². The first-order valence-corrected chi connectivity index (χ1v) is 5.47. The van der Waals surface area contributed by atoms with Crippen LogP contribution in [0.4, 0.5) is 5.69 Å². The van der Waals surface area contributed by atoms with Crippen LogP contribution in [-0.4, -0.2) is 11.8 Å². The van der Waals surface area contributed by atoms with Crippen molar-refractivity contribution in [1.29, 1.82) is 0 Å². The Bertz CT molecular complexity index is 351. The summed E-state index contributed by atoms with van der Waals surface area (Å²) in [5.74, 6) is 0. The molecule has 0 atom stereocenters. The molecule has 1 rings (SSSR count). The zero-order valence-electron chi connectivity index (χ0n) is 9.68. The average Bonchev–Trinajstić information content (AvgIpc) is 2.11. The van der Waals surface area contributed by atoms with Crippen molar-refractivity contribution in [2.45, 2.75) is 27.7 Å². The fourth-order valence-corrected chi connectivity index (χ4v) is 1.87. The Balaban J connectivity index is 2.90. The summed E-state index contributed by atoms with van der Waals surface area (Å²) in [5, 5.41) is 3.55. The third-order valence-electron chi connectivity index (χ3n) is 2.18. The Hall–Kier alpha value is -1.09. The molecule has 0 radical (unpaired) electrons. The summed E-state index contributed by atoms with van der Waals surface area (Å²) in [5.41, 5.74) is 4.70. The molecule has 0 aromatic heterocycles. The minimum atomic E-state index is 0.438. The Morgan fingerprint density at radius 2 is 1.80 bits per heavy atom. The molecule has 0 fully saturated rings. The topological polar surface area (TPSA) is 21.3 Å². The molecular weight excluding hydrogens is 206 g/mol. The van der Waals surface area contributed by atoms with Crippen LogP contribution in [0.1, 0.15) is 23.6 Å². The summed E-state index contributed by atoms with van der Waals surface area (Å²) >= 11 is 5.05. The van der Waals surface area contributed by atoms with Gasteiger partial charge in [-0.1, -0.05) is 17.7 Å². The second-order valence-corrected chi connectivity index (χ2v) is 3.99. The summed E-state index contributed by atoms with van der Waals surface area (Å²) in [6.45, 7) is 8.73. The highest BCUT2D eigenvalue weighted by atomic mass is 32.1. The van der Waals surface area contributed by atoms with E-state index in [9.17, 15) is 0 Å². The monoisotopic (exact) mass is 223 g/mol. The van der Waals surface area contributed by atoms with E-state index in [4.69, 9.17) is 17.0 Å². The molecule has 0 amide bonds. The number of thiocarbonyl (C=S) groups is 1. The van der Waals surface area contributed by atoms with Gasteiger partial charge in [-0.15, -0.1) is 0 Å². The highest BCUT2D eigenvalue weighted by Crippen LogP contribution is 2.21. The maximum Gasteiger partial charge on any atom is 0.261 e. The molecule has 0 saturated carbocycles. The van der Waals surface area contributed by atoms with Gasteiger partial charge in [0.05, 0.1) is 6.61 Å². The van der Waals surface area contributed by atoms with Crippen LogP contribution in [0.5, 0.6) is 0 Å². The summed E-state index contributed by atoms with van der Waals surface area (Å²) in [7, 11) is 0. The van der Waals surface area contributed by atoms with E-state index in [2.05, 4.69) is 38.2 Å². The smallest absolute Gasteiger partial charge is 0.261 e. The molecule has 0 aliphatic rings. The summed E-state index contributed by atoms with van der Waals surface area (Å²) in [6, 6.07) is 4.26. The van der Waals surface area contributed by atoms with Crippen molar-refractivity contribution in [2.24, 2.45) is 0 Å². The SMILES string of the molecule is CCOC(=S)Nc1c(C)cc(C)cc1C. The van der Waals surface area contributed by atoms with Crippen molar-refractivity contribution >= 4 is 23.1 Å². The summed E-state index contributed by atoms with van der Waals surface area (Å²) in [4.78, 5) is 0. The van der Waals surface area contributed by atoms with Crippen LogP contribution in [0.3, 0.4) is 0 Å². The number of anilines is 1. The van der Waals surface area contributed by atoms with E-state index in [1.165, 1.54) is 16.7 Å². The maximum atomic E-state index is 5.21. The summed E-state index contributed by atoms with van der Waals surface area (Å²) < 4.78 is 5.21. The van der Waals surface area contributed by atoms with Gasteiger partial charge in [-0.05, 0) is 51.0 Å². The third-order valence-corrected chi connectivity index (χ3v) is 2.40. The molecule has 0 saturated heterocycles. The Labute approximate surface area is 96.6 Å². The Morgan fingerprint density at radius 1 is 1.27 bits per heavy atom. The number of nitrogens with one attached hydrogen (secondary N) is 1. The zero-order valence-corrected chi connectivity index (χ0v) is 10.5. The molecule has 15 heavy (non-hydrogen) atoms. The predicted molar refractivity (Wildman–Crippen MR) is 68.5 cm³/mol. The van der Waals surface area contributed by atoms with E-state index < -0.39 is 0 Å². The minimum absolute atomic E-state index is 0.438. The van der Waals surface area contributed by atoms with E-state index in [1.54, 1.807) is 0 Å². The van der Waals surface area contributed by atoms with Gasteiger partial charge < -0.3 is 10.1 Å². The molecule has 0 spiro atoms. The number of benzene rings is 1. The van der Waals surface area contributed by atoms with Gasteiger partial charge >= 0.3 is 0 Å². The molecule has 82 valence electrons. The normalized spacial score (nSPS) is 9.87. The first-order valence-electron chi connectivity index (χ1n) is 5.06. The average molecular weight is 223 g/mol. The standard InChI is InChI=1S/C12H17NOS/c1-5-14-12(15)13-11-9(3)6-8(2)7-10(11)4/h6-7H,5H2,1-4H3,(H,13,15). The molecule has 3 heteroatoms. The van der Waals surface area contributed by atoms with Crippen molar-refractivity contribution in [2.75, 3.05) is 11.9 Å². The van der Waals surface area contributed by atoms with Gasteiger partial charge in [0.1, 0.15) is 0 Å². The van der Waals surface area contributed by atoms with Gasteiger partial charge in [-0.25, -0.2) is 0 Å². The second kappa shape index (κ2) is 5.12. The van der Waals surface area contributed by atoms with Crippen LogP contribution in [-0.2, 0) is 4.74 Å². The number of rotatable bonds is 2.